The van der Waals surface area contributed by atoms with E-state index >= 15 is 0 Å². The van der Waals surface area contributed by atoms with Crippen LogP contribution in [0.15, 0.2) is 27.4 Å². The van der Waals surface area contributed by atoms with Gasteiger partial charge in [-0.1, -0.05) is 0 Å². The molecular formula is C16H20N4O7. The van der Waals surface area contributed by atoms with Crippen molar-refractivity contribution in [2.75, 3.05) is 26.8 Å². The van der Waals surface area contributed by atoms with Crippen LogP contribution in [-0.4, -0.2) is 48.1 Å². The Morgan fingerprint density at radius 1 is 1.30 bits per heavy atom. The number of nitro benzene ring substituents is 1. The minimum Gasteiger partial charge on any atom is -0.407 e. The molecule has 2 rings (SSSR count). The van der Waals surface area contributed by atoms with Crippen molar-refractivity contribution in [1.82, 2.24) is 15.2 Å². The standard InChI is InChI=1S/C16H20N4O7/c1-26-8-6-17-15(22)10-18-14(21)3-2-7-19-12-5-4-11(20(24)25)9-13(12)27-16(19)23/h4-5,9H,2-3,6-8,10H2,1H3,(H,17,22)(H,18,21). The summed E-state index contributed by atoms with van der Waals surface area (Å²) in [5, 5.41) is 15.8. The number of fused-ring (bicyclic) bond motifs is 1. The van der Waals surface area contributed by atoms with E-state index in [0.717, 1.165) is 0 Å². The maximum Gasteiger partial charge on any atom is 0.419 e. The number of nitrogens with zero attached hydrogens (tertiary/aromatic N) is 2. The predicted octanol–water partition coefficient (Wildman–Crippen LogP) is 0.162. The first-order valence-electron chi connectivity index (χ1n) is 8.22. The summed E-state index contributed by atoms with van der Waals surface area (Å²) in [6.45, 7) is 0.813. The number of aromatic nitrogens is 1. The Bertz CT molecular complexity index is 887. The zero-order chi connectivity index (χ0) is 19.8. The molecular weight excluding hydrogens is 360 g/mol. The van der Waals surface area contributed by atoms with Crippen LogP contribution in [0.1, 0.15) is 12.8 Å². The quantitative estimate of drug-likeness (QED) is 0.339. The van der Waals surface area contributed by atoms with E-state index in [4.69, 9.17) is 9.15 Å². The number of carbonyl (C=O) groups is 2. The summed E-state index contributed by atoms with van der Waals surface area (Å²) in [6.07, 6.45) is 0.445. The topological polar surface area (TPSA) is 146 Å². The smallest absolute Gasteiger partial charge is 0.407 e. The molecule has 0 aliphatic rings. The lowest BCUT2D eigenvalue weighted by Gasteiger charge is -2.07. The number of non-ortho nitro benzene ring substituents is 1. The number of ether oxygens (including phenoxy) is 1. The highest BCUT2D eigenvalue weighted by atomic mass is 16.6. The number of nitrogens with one attached hydrogen (secondary N) is 2. The Hall–Kier alpha value is -3.21. The molecule has 0 aliphatic carbocycles. The minimum absolute atomic E-state index is 0.109. The third-order valence-electron chi connectivity index (χ3n) is 3.72. The number of benzene rings is 1. The molecule has 0 bridgehead atoms. The number of hydrogen-bond acceptors (Lipinski definition) is 7. The van der Waals surface area contributed by atoms with Crippen molar-refractivity contribution < 1.29 is 23.7 Å². The number of rotatable bonds is 10. The van der Waals surface area contributed by atoms with E-state index in [0.29, 0.717) is 25.1 Å². The van der Waals surface area contributed by atoms with Gasteiger partial charge in [0.15, 0.2) is 5.58 Å². The summed E-state index contributed by atoms with van der Waals surface area (Å²) < 4.78 is 11.1. The van der Waals surface area contributed by atoms with Crippen LogP contribution in [0.4, 0.5) is 5.69 Å². The summed E-state index contributed by atoms with van der Waals surface area (Å²) in [4.78, 5) is 45.3. The molecule has 1 aromatic carbocycles. The first-order valence-corrected chi connectivity index (χ1v) is 8.22. The molecule has 0 aliphatic heterocycles. The van der Waals surface area contributed by atoms with Crippen LogP contribution in [0.3, 0.4) is 0 Å². The fourth-order valence-corrected chi connectivity index (χ4v) is 2.40. The average Bonchev–Trinajstić information content (AvgIpc) is 2.95. The van der Waals surface area contributed by atoms with Crippen LogP contribution in [0.25, 0.3) is 11.1 Å². The summed E-state index contributed by atoms with van der Waals surface area (Å²) >= 11 is 0. The van der Waals surface area contributed by atoms with E-state index in [1.54, 1.807) is 0 Å². The zero-order valence-electron chi connectivity index (χ0n) is 14.7. The van der Waals surface area contributed by atoms with Gasteiger partial charge in [-0.25, -0.2) is 4.79 Å². The number of carbonyl (C=O) groups excluding carboxylic acids is 2. The lowest BCUT2D eigenvalue weighted by Crippen LogP contribution is -2.38. The summed E-state index contributed by atoms with van der Waals surface area (Å²) in [6, 6.07) is 3.90. The van der Waals surface area contributed by atoms with Crippen LogP contribution < -0.4 is 16.4 Å². The lowest BCUT2D eigenvalue weighted by atomic mass is 10.2. The number of aryl methyl sites for hydroxylation is 1. The summed E-state index contributed by atoms with van der Waals surface area (Å²) in [7, 11) is 1.52. The number of nitro groups is 1. The second-order valence-electron chi connectivity index (χ2n) is 5.65. The van der Waals surface area contributed by atoms with Crippen molar-refractivity contribution in [2.24, 2.45) is 0 Å². The molecule has 2 amide bonds. The molecule has 0 unspecified atom stereocenters. The molecule has 0 radical (unpaired) electrons. The van der Waals surface area contributed by atoms with Crippen molar-refractivity contribution in [3.8, 4) is 0 Å². The van der Waals surface area contributed by atoms with Gasteiger partial charge in [0.25, 0.3) is 5.69 Å². The molecule has 0 saturated carbocycles. The summed E-state index contributed by atoms with van der Waals surface area (Å²) in [5.74, 6) is -1.30. The van der Waals surface area contributed by atoms with E-state index < -0.39 is 10.7 Å². The van der Waals surface area contributed by atoms with Gasteiger partial charge in [-0.15, -0.1) is 0 Å². The zero-order valence-corrected chi connectivity index (χ0v) is 14.7. The molecule has 0 atom stereocenters. The van der Waals surface area contributed by atoms with Crippen LogP contribution >= 0.6 is 0 Å². The first kappa shape index (κ1) is 20.1. The highest BCUT2D eigenvalue weighted by Gasteiger charge is 2.14. The van der Waals surface area contributed by atoms with Crippen molar-refractivity contribution in [1.29, 1.82) is 0 Å². The Kier molecular flexibility index (Phi) is 7.06. The van der Waals surface area contributed by atoms with Gasteiger partial charge < -0.3 is 19.8 Å². The molecule has 0 fully saturated rings. The van der Waals surface area contributed by atoms with E-state index in [9.17, 15) is 24.5 Å². The first-order chi connectivity index (χ1) is 12.9. The van der Waals surface area contributed by atoms with Gasteiger partial charge in [-0.3, -0.25) is 24.3 Å². The second-order valence-corrected chi connectivity index (χ2v) is 5.65. The Morgan fingerprint density at radius 3 is 2.78 bits per heavy atom. The molecule has 11 nitrogen and oxygen atoms in total. The van der Waals surface area contributed by atoms with Gasteiger partial charge in [0.05, 0.1) is 29.7 Å². The van der Waals surface area contributed by atoms with Gasteiger partial charge in [0.2, 0.25) is 11.8 Å². The van der Waals surface area contributed by atoms with E-state index in [-0.39, 0.29) is 42.6 Å². The Balaban J connectivity index is 1.84. The van der Waals surface area contributed by atoms with E-state index in [2.05, 4.69) is 10.6 Å². The fraction of sp³-hybridized carbons (Fsp3) is 0.438. The van der Waals surface area contributed by atoms with Gasteiger partial charge in [-0.2, -0.15) is 0 Å². The maximum absolute atomic E-state index is 11.9. The van der Waals surface area contributed by atoms with Crippen LogP contribution in [0.5, 0.6) is 0 Å². The molecule has 27 heavy (non-hydrogen) atoms. The van der Waals surface area contributed by atoms with Gasteiger partial charge >= 0.3 is 5.76 Å². The Morgan fingerprint density at radius 2 is 2.07 bits per heavy atom. The van der Waals surface area contributed by atoms with Gasteiger partial charge in [-0.05, 0) is 12.5 Å². The van der Waals surface area contributed by atoms with Crippen molar-refractivity contribution in [2.45, 2.75) is 19.4 Å². The normalized spacial score (nSPS) is 10.7. The highest BCUT2D eigenvalue weighted by molar-refractivity contribution is 5.84. The van der Waals surface area contributed by atoms with Crippen LogP contribution in [0, 0.1) is 10.1 Å². The largest absolute Gasteiger partial charge is 0.419 e. The van der Waals surface area contributed by atoms with E-state index in [1.807, 2.05) is 0 Å². The molecule has 0 saturated heterocycles. The monoisotopic (exact) mass is 380 g/mol. The van der Waals surface area contributed by atoms with Crippen molar-refractivity contribution in [3.05, 3.63) is 38.9 Å². The molecule has 2 N–H and O–H groups in total. The minimum atomic E-state index is -0.650. The number of amides is 2. The highest BCUT2D eigenvalue weighted by Crippen LogP contribution is 2.20. The number of methoxy groups -OCH3 is 1. The number of hydrogen-bond donors (Lipinski definition) is 2. The van der Waals surface area contributed by atoms with Crippen LogP contribution in [0.2, 0.25) is 0 Å². The third-order valence-corrected chi connectivity index (χ3v) is 3.72. The van der Waals surface area contributed by atoms with Crippen LogP contribution in [-0.2, 0) is 20.9 Å². The fourth-order valence-electron chi connectivity index (χ4n) is 2.40. The molecule has 11 heteroatoms. The predicted molar refractivity (Wildman–Crippen MR) is 94.3 cm³/mol. The maximum atomic E-state index is 11.9. The molecule has 1 aromatic heterocycles. The van der Waals surface area contributed by atoms with Crippen molar-refractivity contribution >= 4 is 28.6 Å². The molecule has 1 heterocycles. The SMILES string of the molecule is COCCNC(=O)CNC(=O)CCCn1c(=O)oc2cc([N+](=O)[O-])ccc21. The molecule has 0 spiro atoms. The summed E-state index contributed by atoms with van der Waals surface area (Å²) in [5.41, 5.74) is 0.362. The second kappa shape index (κ2) is 9.48. The lowest BCUT2D eigenvalue weighted by molar-refractivity contribution is -0.384. The van der Waals surface area contributed by atoms with Gasteiger partial charge in [0.1, 0.15) is 0 Å². The Labute approximate surface area is 153 Å². The molecule has 2 aromatic rings. The average molecular weight is 380 g/mol. The molecule has 146 valence electrons. The van der Waals surface area contributed by atoms with Gasteiger partial charge in [0, 0.05) is 32.7 Å². The van der Waals surface area contributed by atoms with Crippen molar-refractivity contribution in [3.63, 3.8) is 0 Å². The number of oxazole rings is 1. The van der Waals surface area contributed by atoms with E-state index in [1.165, 1.54) is 29.9 Å². The third kappa shape index (κ3) is 5.64.